The van der Waals surface area contributed by atoms with E-state index in [-0.39, 0.29) is 23.3 Å². The molecule has 2 aliphatic rings. The van der Waals surface area contributed by atoms with E-state index >= 15 is 0 Å². The van der Waals surface area contributed by atoms with Gasteiger partial charge in [-0.05, 0) is 70.6 Å². The molecule has 1 heterocycles. The number of nitrogens with zero attached hydrogens (tertiary/aromatic N) is 1. The van der Waals surface area contributed by atoms with Gasteiger partial charge in [0.05, 0.1) is 12.2 Å². The van der Waals surface area contributed by atoms with Gasteiger partial charge < -0.3 is 15.4 Å². The van der Waals surface area contributed by atoms with Crippen LogP contribution in [0.3, 0.4) is 0 Å². The van der Waals surface area contributed by atoms with Crippen molar-refractivity contribution in [1.82, 2.24) is 5.06 Å². The lowest BCUT2D eigenvalue weighted by Gasteiger charge is -2.58. The molecule has 1 aliphatic heterocycles. The summed E-state index contributed by atoms with van der Waals surface area (Å²) in [6.07, 6.45) is 7.33. The summed E-state index contributed by atoms with van der Waals surface area (Å²) in [5, 5.41) is 32.2. The van der Waals surface area contributed by atoms with Crippen molar-refractivity contribution in [2.45, 2.75) is 102 Å². The fraction of sp³-hybridized carbons (Fsp3) is 1.00. The fourth-order valence-corrected chi connectivity index (χ4v) is 4.76. The third kappa shape index (κ3) is 3.44. The first-order valence-corrected chi connectivity index (χ1v) is 8.69. The Bertz CT molecular complexity index is 339. The van der Waals surface area contributed by atoms with E-state index in [2.05, 4.69) is 13.8 Å². The van der Waals surface area contributed by atoms with E-state index in [9.17, 15) is 15.4 Å². The van der Waals surface area contributed by atoms with E-state index in [1.807, 2.05) is 6.92 Å². The van der Waals surface area contributed by atoms with Gasteiger partial charge in [-0.15, -0.1) is 0 Å². The lowest BCUT2D eigenvalue weighted by atomic mass is 9.65. The van der Waals surface area contributed by atoms with Crippen molar-refractivity contribution >= 4 is 0 Å². The summed E-state index contributed by atoms with van der Waals surface area (Å²) in [6, 6.07) is 0. The standard InChI is InChI=1S/C17H33NO3/c1-4-16(8-5-14(3)19)11-13(2)12-17(18(16)21)9-6-15(20)7-10-17/h13-15,19-21H,4-12H2,1-3H3. The first-order chi connectivity index (χ1) is 9.83. The van der Waals surface area contributed by atoms with Gasteiger partial charge in [0.25, 0.3) is 0 Å². The van der Waals surface area contributed by atoms with E-state index in [0.29, 0.717) is 5.92 Å². The molecule has 0 aromatic carbocycles. The predicted molar refractivity (Wildman–Crippen MR) is 83.2 cm³/mol. The number of hydrogen-bond acceptors (Lipinski definition) is 4. The van der Waals surface area contributed by atoms with Crippen molar-refractivity contribution in [3.8, 4) is 0 Å². The van der Waals surface area contributed by atoms with Crippen molar-refractivity contribution in [3.63, 3.8) is 0 Å². The monoisotopic (exact) mass is 299 g/mol. The van der Waals surface area contributed by atoms with Crippen LogP contribution in [0, 0.1) is 5.92 Å². The van der Waals surface area contributed by atoms with Crippen molar-refractivity contribution in [2.75, 3.05) is 0 Å². The summed E-state index contributed by atoms with van der Waals surface area (Å²) in [5.74, 6) is 0.581. The molecule has 1 aliphatic carbocycles. The SMILES string of the molecule is CCC1(CCC(C)O)CC(C)CC2(CCC(O)CC2)N1O. The second-order valence-electron chi connectivity index (χ2n) is 7.75. The first-order valence-electron chi connectivity index (χ1n) is 8.69. The summed E-state index contributed by atoms with van der Waals surface area (Å²) in [7, 11) is 0. The molecule has 4 heteroatoms. The minimum atomic E-state index is -0.316. The molecular weight excluding hydrogens is 266 g/mol. The third-order valence-electron chi connectivity index (χ3n) is 5.93. The fourth-order valence-electron chi connectivity index (χ4n) is 4.76. The van der Waals surface area contributed by atoms with Crippen LogP contribution in [0.1, 0.15) is 78.6 Å². The maximum atomic E-state index is 11.1. The van der Waals surface area contributed by atoms with Gasteiger partial charge in [0.2, 0.25) is 0 Å². The maximum Gasteiger partial charge on any atom is 0.0541 e. The molecule has 0 aromatic rings. The Morgan fingerprint density at radius 2 is 1.86 bits per heavy atom. The molecule has 21 heavy (non-hydrogen) atoms. The molecule has 1 saturated heterocycles. The Hall–Kier alpha value is -0.160. The Labute approximate surface area is 129 Å². The topological polar surface area (TPSA) is 63.9 Å². The highest BCUT2D eigenvalue weighted by atomic mass is 16.5. The van der Waals surface area contributed by atoms with Gasteiger partial charge in [0.15, 0.2) is 0 Å². The minimum Gasteiger partial charge on any atom is -0.393 e. The lowest BCUT2D eigenvalue weighted by molar-refractivity contribution is -0.284. The van der Waals surface area contributed by atoms with E-state index in [1.165, 1.54) is 0 Å². The molecule has 0 aromatic heterocycles. The second kappa shape index (κ2) is 6.53. The second-order valence-corrected chi connectivity index (χ2v) is 7.75. The van der Waals surface area contributed by atoms with Crippen molar-refractivity contribution in [3.05, 3.63) is 0 Å². The van der Waals surface area contributed by atoms with E-state index in [1.54, 1.807) is 5.06 Å². The highest BCUT2D eigenvalue weighted by Gasteiger charge is 2.53. The molecule has 3 unspecified atom stereocenters. The molecule has 2 fully saturated rings. The summed E-state index contributed by atoms with van der Waals surface area (Å²) in [4.78, 5) is 0. The smallest absolute Gasteiger partial charge is 0.0541 e. The Balaban J connectivity index is 2.20. The summed E-state index contributed by atoms with van der Waals surface area (Å²) >= 11 is 0. The van der Waals surface area contributed by atoms with Crippen LogP contribution in [0.2, 0.25) is 0 Å². The predicted octanol–water partition coefficient (Wildman–Crippen LogP) is 3.09. The van der Waals surface area contributed by atoms with Gasteiger partial charge in [-0.2, -0.15) is 5.06 Å². The molecule has 124 valence electrons. The number of hydrogen-bond donors (Lipinski definition) is 3. The molecule has 0 radical (unpaired) electrons. The van der Waals surface area contributed by atoms with Gasteiger partial charge in [-0.25, -0.2) is 0 Å². The van der Waals surface area contributed by atoms with Crippen LogP contribution in [-0.2, 0) is 0 Å². The molecule has 0 bridgehead atoms. The van der Waals surface area contributed by atoms with Crippen LogP contribution in [0.15, 0.2) is 0 Å². The maximum absolute atomic E-state index is 11.1. The number of piperidine rings is 1. The van der Waals surface area contributed by atoms with Gasteiger partial charge in [0.1, 0.15) is 0 Å². The van der Waals surface area contributed by atoms with Crippen LogP contribution < -0.4 is 0 Å². The Morgan fingerprint density at radius 3 is 2.38 bits per heavy atom. The minimum absolute atomic E-state index is 0.161. The molecule has 1 spiro atoms. The molecule has 0 amide bonds. The van der Waals surface area contributed by atoms with E-state index in [0.717, 1.165) is 57.8 Å². The van der Waals surface area contributed by atoms with Crippen LogP contribution >= 0.6 is 0 Å². The normalized spacial score (nSPS) is 43.1. The number of aliphatic hydroxyl groups excluding tert-OH is 2. The number of rotatable bonds is 4. The van der Waals surface area contributed by atoms with E-state index in [4.69, 9.17) is 0 Å². The van der Waals surface area contributed by atoms with Gasteiger partial charge in [-0.1, -0.05) is 13.8 Å². The molecular formula is C17H33NO3. The molecule has 4 nitrogen and oxygen atoms in total. The van der Waals surface area contributed by atoms with Crippen molar-refractivity contribution in [2.24, 2.45) is 5.92 Å². The average molecular weight is 299 g/mol. The van der Waals surface area contributed by atoms with E-state index < -0.39 is 0 Å². The zero-order chi connectivity index (χ0) is 15.7. The summed E-state index contributed by atoms with van der Waals surface area (Å²) in [6.45, 7) is 6.26. The van der Waals surface area contributed by atoms with Crippen LogP contribution in [0.4, 0.5) is 0 Å². The average Bonchev–Trinajstić information content (AvgIpc) is 2.44. The number of hydroxylamine groups is 2. The van der Waals surface area contributed by atoms with Crippen LogP contribution in [0.25, 0.3) is 0 Å². The van der Waals surface area contributed by atoms with Gasteiger partial charge in [-0.3, -0.25) is 0 Å². The zero-order valence-electron chi connectivity index (χ0n) is 13.9. The number of aliphatic hydroxyl groups is 2. The van der Waals surface area contributed by atoms with Crippen LogP contribution in [0.5, 0.6) is 0 Å². The molecule has 3 atom stereocenters. The summed E-state index contributed by atoms with van der Waals surface area (Å²) < 4.78 is 0. The van der Waals surface area contributed by atoms with Crippen molar-refractivity contribution < 1.29 is 15.4 Å². The quantitative estimate of drug-likeness (QED) is 0.746. The highest BCUT2D eigenvalue weighted by molar-refractivity contribution is 5.05. The third-order valence-corrected chi connectivity index (χ3v) is 5.93. The van der Waals surface area contributed by atoms with Crippen LogP contribution in [-0.4, -0.2) is 43.8 Å². The van der Waals surface area contributed by atoms with Crippen molar-refractivity contribution in [1.29, 1.82) is 0 Å². The largest absolute Gasteiger partial charge is 0.393 e. The first kappa shape index (κ1) is 17.2. The lowest BCUT2D eigenvalue weighted by Crippen LogP contribution is -2.64. The molecule has 1 saturated carbocycles. The van der Waals surface area contributed by atoms with Gasteiger partial charge in [0, 0.05) is 11.1 Å². The highest BCUT2D eigenvalue weighted by Crippen LogP contribution is 2.50. The molecule has 2 rings (SSSR count). The molecule has 3 N–H and O–H groups in total. The summed E-state index contributed by atoms with van der Waals surface area (Å²) in [5.41, 5.74) is -0.372. The Kier molecular flexibility index (Phi) is 5.35. The van der Waals surface area contributed by atoms with Gasteiger partial charge >= 0.3 is 0 Å². The Morgan fingerprint density at radius 1 is 1.24 bits per heavy atom. The zero-order valence-corrected chi connectivity index (χ0v) is 13.9.